The summed E-state index contributed by atoms with van der Waals surface area (Å²) in [6.07, 6.45) is 3.53. The molecule has 1 aliphatic carbocycles. The molecule has 1 spiro atoms. The molecule has 35 heavy (non-hydrogen) atoms. The lowest BCUT2D eigenvalue weighted by Gasteiger charge is -2.37. The molecule has 0 unspecified atom stereocenters. The maximum absolute atomic E-state index is 14.2. The van der Waals surface area contributed by atoms with Crippen LogP contribution >= 0.6 is 0 Å². The Labute approximate surface area is 201 Å². The molecule has 6 rings (SSSR count). The molecule has 0 N–H and O–H groups in total. The van der Waals surface area contributed by atoms with E-state index in [0.29, 0.717) is 33.7 Å². The van der Waals surface area contributed by atoms with E-state index in [9.17, 15) is 18.8 Å². The molecule has 0 amide bonds. The molecule has 174 valence electrons. The number of halogens is 1. The second-order valence-electron chi connectivity index (χ2n) is 9.29. The third kappa shape index (κ3) is 2.71. The summed E-state index contributed by atoms with van der Waals surface area (Å²) < 4.78 is 19.4. The van der Waals surface area contributed by atoms with Crippen LogP contribution in [0.15, 0.2) is 72.8 Å². The predicted octanol–water partition coefficient (Wildman–Crippen LogP) is 4.86. The Morgan fingerprint density at radius 3 is 2.23 bits per heavy atom. The topological polar surface area (TPSA) is 63.7 Å². The zero-order valence-corrected chi connectivity index (χ0v) is 19.2. The van der Waals surface area contributed by atoms with E-state index in [0.717, 1.165) is 0 Å². The number of hydrogen-bond donors (Lipinski definition) is 0. The minimum Gasteiger partial charge on any atom is -0.497 e. The maximum atomic E-state index is 14.2. The zero-order valence-electron chi connectivity index (χ0n) is 19.2. The van der Waals surface area contributed by atoms with Crippen molar-refractivity contribution in [1.82, 2.24) is 0 Å². The number of fused-ring (bicyclic) bond motifs is 5. The first kappa shape index (κ1) is 21.5. The lowest BCUT2D eigenvalue weighted by atomic mass is 9.64. The number of rotatable bonds is 3. The number of hydrogen-bond acceptors (Lipinski definition) is 5. The van der Waals surface area contributed by atoms with Gasteiger partial charge >= 0.3 is 0 Å². The standard InChI is InChI=1S/C29H22FNO4/c1-16(32)26-25(17-7-11-20(35-2)12-8-17)29(27(33)21-5-3-4-6-22(21)28(29)34)24-14-9-18-15-19(30)10-13-23(18)31(24)26/h3-15,24-26H,1-2H3/t24-,25+,26-/m0/s1. The molecule has 2 aliphatic heterocycles. The second-order valence-corrected chi connectivity index (χ2v) is 9.29. The van der Waals surface area contributed by atoms with Gasteiger partial charge in [0, 0.05) is 28.3 Å². The minimum atomic E-state index is -1.53. The van der Waals surface area contributed by atoms with E-state index < -0.39 is 29.2 Å². The van der Waals surface area contributed by atoms with Crippen LogP contribution in [0.3, 0.4) is 0 Å². The van der Waals surface area contributed by atoms with E-state index in [1.54, 1.807) is 61.7 Å². The van der Waals surface area contributed by atoms with Crippen LogP contribution in [0.1, 0.15) is 44.7 Å². The molecule has 3 aromatic carbocycles. The number of anilines is 1. The smallest absolute Gasteiger partial charge is 0.180 e. The summed E-state index contributed by atoms with van der Waals surface area (Å²) >= 11 is 0. The molecule has 2 heterocycles. The van der Waals surface area contributed by atoms with Crippen LogP contribution in [0.25, 0.3) is 6.08 Å². The molecule has 0 saturated carbocycles. The molecule has 6 heteroatoms. The lowest BCUT2D eigenvalue weighted by molar-refractivity contribution is -0.118. The second kappa shape index (κ2) is 7.47. The molecular formula is C29H22FNO4. The minimum absolute atomic E-state index is 0.171. The van der Waals surface area contributed by atoms with Gasteiger partial charge in [-0.2, -0.15) is 0 Å². The fourth-order valence-corrected chi connectivity index (χ4v) is 6.29. The Morgan fingerprint density at radius 1 is 0.971 bits per heavy atom. The van der Waals surface area contributed by atoms with Gasteiger partial charge in [0.1, 0.15) is 17.0 Å². The van der Waals surface area contributed by atoms with Crippen molar-refractivity contribution in [2.24, 2.45) is 5.41 Å². The van der Waals surface area contributed by atoms with Crippen molar-refractivity contribution in [2.75, 3.05) is 12.0 Å². The van der Waals surface area contributed by atoms with Crippen molar-refractivity contribution in [1.29, 1.82) is 0 Å². The van der Waals surface area contributed by atoms with Crippen LogP contribution in [0.2, 0.25) is 0 Å². The Balaban J connectivity index is 1.66. The van der Waals surface area contributed by atoms with E-state index in [1.165, 1.54) is 19.1 Å². The van der Waals surface area contributed by atoms with Crippen LogP contribution in [0.5, 0.6) is 5.75 Å². The molecule has 1 saturated heterocycles. The highest BCUT2D eigenvalue weighted by Crippen LogP contribution is 2.60. The van der Waals surface area contributed by atoms with Gasteiger partial charge in [-0.25, -0.2) is 4.39 Å². The number of Topliss-reactive ketones (excluding diaryl/α,β-unsaturated/α-hetero) is 3. The van der Waals surface area contributed by atoms with E-state index in [4.69, 9.17) is 4.74 Å². The molecule has 0 radical (unpaired) electrons. The highest BCUT2D eigenvalue weighted by atomic mass is 19.1. The Kier molecular flexibility index (Phi) is 4.58. The van der Waals surface area contributed by atoms with Crippen LogP contribution in [-0.4, -0.2) is 36.5 Å². The van der Waals surface area contributed by atoms with Gasteiger partial charge in [-0.15, -0.1) is 0 Å². The van der Waals surface area contributed by atoms with Crippen LogP contribution < -0.4 is 9.64 Å². The number of carbonyl (C=O) groups is 3. The summed E-state index contributed by atoms with van der Waals surface area (Å²) in [5.74, 6) is -1.25. The van der Waals surface area contributed by atoms with Gasteiger partial charge in [-0.3, -0.25) is 14.4 Å². The molecule has 0 aromatic heterocycles. The highest BCUT2D eigenvalue weighted by molar-refractivity contribution is 6.32. The van der Waals surface area contributed by atoms with Gasteiger partial charge in [0.2, 0.25) is 0 Å². The van der Waals surface area contributed by atoms with Crippen molar-refractivity contribution in [3.63, 3.8) is 0 Å². The Bertz CT molecular complexity index is 1410. The van der Waals surface area contributed by atoms with E-state index in [1.807, 2.05) is 17.0 Å². The van der Waals surface area contributed by atoms with Crippen molar-refractivity contribution >= 4 is 29.1 Å². The van der Waals surface area contributed by atoms with Crippen molar-refractivity contribution < 1.29 is 23.5 Å². The maximum Gasteiger partial charge on any atom is 0.180 e. The third-order valence-electron chi connectivity index (χ3n) is 7.66. The van der Waals surface area contributed by atoms with Gasteiger partial charge in [0.25, 0.3) is 0 Å². The summed E-state index contributed by atoms with van der Waals surface area (Å²) in [7, 11) is 1.56. The number of ketones is 3. The molecule has 0 bridgehead atoms. The predicted molar refractivity (Wildman–Crippen MR) is 129 cm³/mol. The van der Waals surface area contributed by atoms with Crippen LogP contribution in [0, 0.1) is 11.2 Å². The molecule has 5 nitrogen and oxygen atoms in total. The Hall–Kier alpha value is -4.06. The Morgan fingerprint density at radius 2 is 1.63 bits per heavy atom. The number of benzene rings is 3. The number of nitrogens with zero attached hydrogens (tertiary/aromatic N) is 1. The first-order chi connectivity index (χ1) is 16.9. The zero-order chi connectivity index (χ0) is 24.5. The van der Waals surface area contributed by atoms with Crippen LogP contribution in [0.4, 0.5) is 10.1 Å². The fourth-order valence-electron chi connectivity index (χ4n) is 6.29. The van der Waals surface area contributed by atoms with Crippen molar-refractivity contribution in [2.45, 2.75) is 24.9 Å². The van der Waals surface area contributed by atoms with Gasteiger partial charge in [-0.05, 0) is 42.8 Å². The molecular weight excluding hydrogens is 445 g/mol. The van der Waals surface area contributed by atoms with Gasteiger partial charge < -0.3 is 9.64 Å². The lowest BCUT2D eigenvalue weighted by Crippen LogP contribution is -2.48. The first-order valence-corrected chi connectivity index (χ1v) is 11.5. The van der Waals surface area contributed by atoms with E-state index in [2.05, 4.69) is 0 Å². The number of methoxy groups -OCH3 is 1. The summed E-state index contributed by atoms with van der Waals surface area (Å²) in [6, 6.07) is 16.9. The van der Waals surface area contributed by atoms with E-state index >= 15 is 0 Å². The summed E-state index contributed by atoms with van der Waals surface area (Å²) in [5, 5.41) is 0. The summed E-state index contributed by atoms with van der Waals surface area (Å²) in [4.78, 5) is 43.7. The molecule has 3 atom stereocenters. The quantitative estimate of drug-likeness (QED) is 0.515. The van der Waals surface area contributed by atoms with Crippen LogP contribution in [-0.2, 0) is 4.79 Å². The number of carbonyl (C=O) groups excluding carboxylic acids is 3. The third-order valence-corrected chi connectivity index (χ3v) is 7.66. The average molecular weight is 467 g/mol. The van der Waals surface area contributed by atoms with E-state index in [-0.39, 0.29) is 17.3 Å². The molecule has 1 fully saturated rings. The van der Waals surface area contributed by atoms with Crippen molar-refractivity contribution in [3.05, 3.63) is 101 Å². The normalized spacial score (nSPS) is 23.3. The summed E-state index contributed by atoms with van der Waals surface area (Å²) in [5.41, 5.74) is 1.15. The SMILES string of the molecule is COc1ccc([C@@H]2[C@H](C(C)=O)N3c4ccc(F)cc4C=C[C@H]3C23C(=O)c2ccccc2C3=O)cc1. The average Bonchev–Trinajstić information content (AvgIpc) is 3.30. The molecule has 3 aromatic rings. The fraction of sp³-hybridized carbons (Fsp3) is 0.207. The molecule has 3 aliphatic rings. The first-order valence-electron chi connectivity index (χ1n) is 11.5. The monoisotopic (exact) mass is 467 g/mol. The summed E-state index contributed by atoms with van der Waals surface area (Å²) in [6.45, 7) is 1.48. The van der Waals surface area contributed by atoms with Gasteiger partial charge in [-0.1, -0.05) is 48.6 Å². The van der Waals surface area contributed by atoms with Gasteiger partial charge in [0.05, 0.1) is 19.2 Å². The highest BCUT2D eigenvalue weighted by Gasteiger charge is 2.71. The van der Waals surface area contributed by atoms with Crippen molar-refractivity contribution in [3.8, 4) is 5.75 Å². The number of ether oxygens (including phenoxy) is 1. The van der Waals surface area contributed by atoms with Gasteiger partial charge in [0.15, 0.2) is 17.3 Å². The largest absolute Gasteiger partial charge is 0.497 e.